The first kappa shape index (κ1) is 12.2. The van der Waals surface area contributed by atoms with Crippen LogP contribution in [0.5, 0.6) is 5.75 Å². The fourth-order valence-electron chi connectivity index (χ4n) is 1.92. The van der Waals surface area contributed by atoms with E-state index in [2.05, 4.69) is 31.9 Å². The first-order valence-corrected chi connectivity index (χ1v) is 7.20. The number of halogens is 2. The van der Waals surface area contributed by atoms with Crippen molar-refractivity contribution in [2.75, 3.05) is 7.11 Å². The Bertz CT molecular complexity index is 641. The molecule has 2 aromatic rings. The minimum Gasteiger partial charge on any atom is -0.496 e. The zero-order valence-corrected chi connectivity index (χ0v) is 12.8. The third-order valence-electron chi connectivity index (χ3n) is 3.07. The third-order valence-corrected chi connectivity index (χ3v) is 4.48. The molecule has 0 aliphatic heterocycles. The number of benzene rings is 1. The Morgan fingerprint density at radius 2 is 2.11 bits per heavy atom. The number of furan rings is 1. The van der Waals surface area contributed by atoms with Gasteiger partial charge in [0.25, 0.3) is 0 Å². The van der Waals surface area contributed by atoms with E-state index in [1.807, 2.05) is 6.07 Å². The number of hydrogen-bond donors (Lipinski definition) is 0. The number of methoxy groups -OCH3 is 1. The summed E-state index contributed by atoms with van der Waals surface area (Å²) in [5.74, 6) is 1.40. The second-order valence-electron chi connectivity index (χ2n) is 4.37. The predicted molar refractivity (Wildman–Crippen MR) is 75.2 cm³/mol. The first-order valence-electron chi connectivity index (χ1n) is 5.61. The van der Waals surface area contributed by atoms with Crippen LogP contribution in [0.1, 0.15) is 23.4 Å². The average molecular weight is 374 g/mol. The lowest BCUT2D eigenvalue weighted by Gasteiger charge is -2.04. The van der Waals surface area contributed by atoms with Gasteiger partial charge in [-0.15, -0.1) is 0 Å². The Morgan fingerprint density at radius 1 is 1.39 bits per heavy atom. The topological polar surface area (TPSA) is 39.4 Å². The fourth-order valence-corrected chi connectivity index (χ4v) is 3.00. The van der Waals surface area contributed by atoms with E-state index in [0.29, 0.717) is 17.1 Å². The third kappa shape index (κ3) is 1.89. The summed E-state index contributed by atoms with van der Waals surface area (Å²) < 4.78 is 12.5. The highest BCUT2D eigenvalue weighted by Crippen LogP contribution is 2.41. The van der Waals surface area contributed by atoms with Crippen LogP contribution in [0.15, 0.2) is 25.5 Å². The van der Waals surface area contributed by atoms with E-state index in [1.54, 1.807) is 13.2 Å². The molecule has 0 unspecified atom stereocenters. The van der Waals surface area contributed by atoms with Crippen LogP contribution in [0.4, 0.5) is 0 Å². The molecule has 94 valence electrons. The molecular weight excluding hydrogens is 364 g/mol. The van der Waals surface area contributed by atoms with Crippen LogP contribution in [-0.4, -0.2) is 12.9 Å². The predicted octanol–water partition coefficient (Wildman–Crippen LogP) is 4.56. The maximum atomic E-state index is 12.0. The Morgan fingerprint density at radius 3 is 2.72 bits per heavy atom. The lowest BCUT2D eigenvalue weighted by molar-refractivity contribution is 0.0942. The van der Waals surface area contributed by atoms with E-state index >= 15 is 0 Å². The first-order chi connectivity index (χ1) is 8.61. The summed E-state index contributed by atoms with van der Waals surface area (Å²) >= 11 is 6.91. The molecule has 0 N–H and O–H groups in total. The van der Waals surface area contributed by atoms with Gasteiger partial charge in [-0.25, -0.2) is 0 Å². The van der Waals surface area contributed by atoms with Crippen molar-refractivity contribution in [2.24, 2.45) is 5.92 Å². The number of Topliss-reactive ketones (excluding diaryl/α,β-unsaturated/α-hetero) is 1. The summed E-state index contributed by atoms with van der Waals surface area (Å²) in [4.78, 5) is 12.0. The van der Waals surface area contributed by atoms with Crippen molar-refractivity contribution in [3.63, 3.8) is 0 Å². The molecule has 0 atom stereocenters. The lowest BCUT2D eigenvalue weighted by Crippen LogP contribution is -1.98. The van der Waals surface area contributed by atoms with E-state index in [9.17, 15) is 4.79 Å². The van der Waals surface area contributed by atoms with E-state index in [1.165, 1.54) is 0 Å². The van der Waals surface area contributed by atoms with Gasteiger partial charge in [0.15, 0.2) is 11.3 Å². The molecule has 3 rings (SSSR count). The fraction of sp³-hybridized carbons (Fsp3) is 0.308. The maximum absolute atomic E-state index is 12.0. The summed E-state index contributed by atoms with van der Waals surface area (Å²) in [5.41, 5.74) is 0.673. The van der Waals surface area contributed by atoms with Gasteiger partial charge in [0.1, 0.15) is 5.75 Å². The van der Waals surface area contributed by atoms with Gasteiger partial charge in [-0.1, -0.05) is 0 Å². The summed E-state index contributed by atoms with van der Waals surface area (Å²) in [6, 6.07) is 3.61. The molecule has 0 bridgehead atoms. The quantitative estimate of drug-likeness (QED) is 0.740. The van der Waals surface area contributed by atoms with E-state index in [4.69, 9.17) is 9.15 Å². The Balaban J connectivity index is 2.18. The molecule has 1 aliphatic carbocycles. The molecule has 1 aromatic heterocycles. The van der Waals surface area contributed by atoms with Gasteiger partial charge in [0, 0.05) is 11.3 Å². The molecule has 1 aromatic carbocycles. The highest BCUT2D eigenvalue weighted by Gasteiger charge is 2.33. The molecule has 1 saturated carbocycles. The molecule has 1 heterocycles. The zero-order chi connectivity index (χ0) is 12.9. The van der Waals surface area contributed by atoms with Crippen LogP contribution >= 0.6 is 31.9 Å². The number of ketones is 1. The summed E-state index contributed by atoms with van der Waals surface area (Å²) in [6.07, 6.45) is 1.95. The largest absolute Gasteiger partial charge is 0.496 e. The van der Waals surface area contributed by atoms with Crippen molar-refractivity contribution in [3.8, 4) is 5.75 Å². The minimum atomic E-state index is 0.101. The lowest BCUT2D eigenvalue weighted by atomic mass is 10.2. The second kappa shape index (κ2) is 4.38. The molecule has 1 aliphatic rings. The summed E-state index contributed by atoms with van der Waals surface area (Å²) in [5, 5.41) is 0.852. The highest BCUT2D eigenvalue weighted by atomic mass is 79.9. The van der Waals surface area contributed by atoms with E-state index in [-0.39, 0.29) is 11.7 Å². The van der Waals surface area contributed by atoms with Crippen molar-refractivity contribution in [1.82, 2.24) is 0 Å². The highest BCUT2D eigenvalue weighted by molar-refractivity contribution is 9.11. The summed E-state index contributed by atoms with van der Waals surface area (Å²) in [6.45, 7) is 0. The van der Waals surface area contributed by atoms with Crippen LogP contribution in [0.25, 0.3) is 11.0 Å². The average Bonchev–Trinajstić information content (AvgIpc) is 3.11. The number of fused-ring (bicyclic) bond motifs is 1. The second-order valence-corrected chi connectivity index (χ2v) is 6.01. The SMILES string of the molecule is COc1cc(Br)c2oc(C(=O)C3CC3)cc2c1Br. The number of rotatable bonds is 3. The standard InChI is InChI=1S/C13H10Br2O3/c1-17-9-5-8(14)13-7(11(9)15)4-10(18-13)12(16)6-2-3-6/h4-6H,2-3H2,1H3. The van der Waals surface area contributed by atoms with Crippen LogP contribution in [0.3, 0.4) is 0 Å². The smallest absolute Gasteiger partial charge is 0.201 e. The maximum Gasteiger partial charge on any atom is 0.201 e. The molecule has 5 heteroatoms. The van der Waals surface area contributed by atoms with E-state index < -0.39 is 0 Å². The summed E-state index contributed by atoms with van der Waals surface area (Å²) in [7, 11) is 1.61. The molecular formula is C13H10Br2O3. The zero-order valence-electron chi connectivity index (χ0n) is 9.63. The van der Waals surface area contributed by atoms with Crippen LogP contribution in [0.2, 0.25) is 0 Å². The van der Waals surface area contributed by atoms with Crippen molar-refractivity contribution >= 4 is 48.6 Å². The van der Waals surface area contributed by atoms with Gasteiger partial charge >= 0.3 is 0 Å². The number of carbonyl (C=O) groups excluding carboxylic acids is 1. The molecule has 0 amide bonds. The minimum absolute atomic E-state index is 0.101. The molecule has 0 saturated heterocycles. The number of carbonyl (C=O) groups is 1. The van der Waals surface area contributed by atoms with Crippen molar-refractivity contribution in [2.45, 2.75) is 12.8 Å². The number of ether oxygens (including phenoxy) is 1. The van der Waals surface area contributed by atoms with Gasteiger partial charge in [-0.2, -0.15) is 0 Å². The van der Waals surface area contributed by atoms with Crippen LogP contribution in [-0.2, 0) is 0 Å². The van der Waals surface area contributed by atoms with Gasteiger partial charge < -0.3 is 9.15 Å². The van der Waals surface area contributed by atoms with Gasteiger partial charge in [0.2, 0.25) is 5.78 Å². The van der Waals surface area contributed by atoms with Gasteiger partial charge in [0.05, 0.1) is 16.1 Å². The van der Waals surface area contributed by atoms with Crippen LogP contribution < -0.4 is 4.74 Å². The van der Waals surface area contributed by atoms with Gasteiger partial charge in [-0.3, -0.25) is 4.79 Å². The molecule has 1 fully saturated rings. The van der Waals surface area contributed by atoms with Crippen LogP contribution in [0, 0.1) is 5.92 Å². The van der Waals surface area contributed by atoms with Gasteiger partial charge in [-0.05, 0) is 56.8 Å². The Kier molecular flexibility index (Phi) is 2.98. The van der Waals surface area contributed by atoms with E-state index in [0.717, 1.165) is 27.2 Å². The van der Waals surface area contributed by atoms with Crippen molar-refractivity contribution < 1.29 is 13.9 Å². The Hall–Kier alpha value is -0.810. The van der Waals surface area contributed by atoms with Crippen molar-refractivity contribution in [1.29, 1.82) is 0 Å². The molecule has 0 spiro atoms. The molecule has 0 radical (unpaired) electrons. The monoisotopic (exact) mass is 372 g/mol. The normalized spacial score (nSPS) is 15.1. The Labute approximate surface area is 121 Å². The van der Waals surface area contributed by atoms with Crippen molar-refractivity contribution in [3.05, 3.63) is 26.8 Å². The number of hydrogen-bond acceptors (Lipinski definition) is 3. The molecule has 18 heavy (non-hydrogen) atoms. The molecule has 3 nitrogen and oxygen atoms in total.